The van der Waals surface area contributed by atoms with Gasteiger partial charge in [-0.25, -0.2) is 4.79 Å². The highest BCUT2D eigenvalue weighted by Crippen LogP contribution is 2.32. The van der Waals surface area contributed by atoms with Crippen LogP contribution >= 0.6 is 0 Å². The molecule has 2 aliphatic rings. The van der Waals surface area contributed by atoms with E-state index in [1.54, 1.807) is 18.2 Å². The lowest BCUT2D eigenvalue weighted by atomic mass is 9.89. The third kappa shape index (κ3) is 3.15. The molecule has 0 spiro atoms. The number of hydrogen-bond donors (Lipinski definition) is 2. The Balaban J connectivity index is 1.42. The molecule has 3 heterocycles. The van der Waals surface area contributed by atoms with Gasteiger partial charge in [0.1, 0.15) is 5.58 Å². The minimum absolute atomic E-state index is 0.0630. The highest BCUT2D eigenvalue weighted by atomic mass is 16.4. The molecule has 2 fully saturated rings. The Hall–Kier alpha value is -2.14. The third-order valence-electron chi connectivity index (χ3n) is 4.95. The summed E-state index contributed by atoms with van der Waals surface area (Å²) in [6.45, 7) is 0. The van der Waals surface area contributed by atoms with Crippen LogP contribution in [0.3, 0.4) is 0 Å². The first-order valence-electron chi connectivity index (χ1n) is 8.25. The Morgan fingerprint density at radius 1 is 1.17 bits per heavy atom. The SMILES string of the molecule is O=C(CC1CC2CCC(C1)N2)Nc1ccc2oc(=O)ccc2c1. The van der Waals surface area contributed by atoms with E-state index in [9.17, 15) is 9.59 Å². The van der Waals surface area contributed by atoms with E-state index in [1.165, 1.54) is 18.9 Å². The summed E-state index contributed by atoms with van der Waals surface area (Å²) in [5, 5.41) is 7.37. The summed E-state index contributed by atoms with van der Waals surface area (Å²) in [5.41, 5.74) is 0.911. The summed E-state index contributed by atoms with van der Waals surface area (Å²) in [6.07, 6.45) is 5.29. The molecule has 1 aromatic heterocycles. The first-order chi connectivity index (χ1) is 11.2. The predicted octanol–water partition coefficient (Wildman–Crippen LogP) is 2.65. The molecule has 2 atom stereocenters. The smallest absolute Gasteiger partial charge is 0.336 e. The van der Waals surface area contributed by atoms with E-state index in [1.807, 2.05) is 6.07 Å². The lowest BCUT2D eigenvalue weighted by Gasteiger charge is -2.28. The van der Waals surface area contributed by atoms with Gasteiger partial charge in [0, 0.05) is 35.6 Å². The maximum Gasteiger partial charge on any atom is 0.336 e. The predicted molar refractivity (Wildman–Crippen MR) is 88.4 cm³/mol. The van der Waals surface area contributed by atoms with Crippen molar-refractivity contribution in [1.29, 1.82) is 0 Å². The Labute approximate surface area is 134 Å². The minimum Gasteiger partial charge on any atom is -0.423 e. The fourth-order valence-corrected chi connectivity index (χ4v) is 3.97. The number of anilines is 1. The van der Waals surface area contributed by atoms with Crippen LogP contribution in [0.5, 0.6) is 0 Å². The average molecular weight is 312 g/mol. The summed E-state index contributed by atoms with van der Waals surface area (Å²) in [4.78, 5) is 23.5. The summed E-state index contributed by atoms with van der Waals surface area (Å²) in [7, 11) is 0. The van der Waals surface area contributed by atoms with Crippen molar-refractivity contribution in [3.63, 3.8) is 0 Å². The van der Waals surface area contributed by atoms with Gasteiger partial charge >= 0.3 is 5.63 Å². The fraction of sp³-hybridized carbons (Fsp3) is 0.444. The number of benzene rings is 1. The van der Waals surface area contributed by atoms with E-state index in [4.69, 9.17) is 4.42 Å². The first kappa shape index (κ1) is 14.5. The minimum atomic E-state index is -0.366. The Morgan fingerprint density at radius 2 is 1.96 bits per heavy atom. The summed E-state index contributed by atoms with van der Waals surface area (Å²) < 4.78 is 5.10. The molecular weight excluding hydrogens is 292 g/mol. The summed E-state index contributed by atoms with van der Waals surface area (Å²) >= 11 is 0. The molecule has 0 aliphatic carbocycles. The van der Waals surface area contributed by atoms with Crippen molar-refractivity contribution >= 4 is 22.6 Å². The van der Waals surface area contributed by atoms with E-state index in [2.05, 4.69) is 10.6 Å². The largest absolute Gasteiger partial charge is 0.423 e. The molecule has 1 aromatic carbocycles. The molecule has 2 aromatic rings. The molecule has 2 bridgehead atoms. The second-order valence-electron chi connectivity index (χ2n) is 6.73. The van der Waals surface area contributed by atoms with Crippen molar-refractivity contribution in [1.82, 2.24) is 5.32 Å². The fourth-order valence-electron chi connectivity index (χ4n) is 3.97. The van der Waals surface area contributed by atoms with Gasteiger partial charge in [-0.15, -0.1) is 0 Å². The number of rotatable bonds is 3. The highest BCUT2D eigenvalue weighted by molar-refractivity contribution is 5.93. The zero-order valence-corrected chi connectivity index (χ0v) is 12.9. The quantitative estimate of drug-likeness (QED) is 0.855. The number of amides is 1. The van der Waals surface area contributed by atoms with Crippen molar-refractivity contribution in [2.75, 3.05) is 5.32 Å². The molecule has 2 unspecified atom stereocenters. The van der Waals surface area contributed by atoms with E-state index in [0.29, 0.717) is 30.0 Å². The van der Waals surface area contributed by atoms with Gasteiger partial charge in [0.25, 0.3) is 0 Å². The second-order valence-corrected chi connectivity index (χ2v) is 6.73. The van der Waals surface area contributed by atoms with Crippen LogP contribution in [0.2, 0.25) is 0 Å². The molecule has 0 radical (unpaired) electrons. The van der Waals surface area contributed by atoms with Crippen molar-refractivity contribution in [2.45, 2.75) is 44.2 Å². The summed E-state index contributed by atoms with van der Waals surface area (Å²) in [5.74, 6) is 0.542. The molecule has 120 valence electrons. The van der Waals surface area contributed by atoms with Gasteiger partial charge < -0.3 is 15.1 Å². The zero-order valence-electron chi connectivity index (χ0n) is 12.9. The zero-order chi connectivity index (χ0) is 15.8. The van der Waals surface area contributed by atoms with Gasteiger partial charge in [-0.1, -0.05) is 0 Å². The number of carbonyl (C=O) groups is 1. The van der Waals surface area contributed by atoms with Gasteiger partial charge in [0.05, 0.1) is 0 Å². The number of nitrogens with one attached hydrogen (secondary N) is 2. The van der Waals surface area contributed by atoms with Crippen LogP contribution in [0.4, 0.5) is 5.69 Å². The molecule has 2 N–H and O–H groups in total. The highest BCUT2D eigenvalue weighted by Gasteiger charge is 2.34. The van der Waals surface area contributed by atoms with E-state index >= 15 is 0 Å². The van der Waals surface area contributed by atoms with Crippen LogP contribution in [0.15, 0.2) is 39.5 Å². The third-order valence-corrected chi connectivity index (χ3v) is 4.95. The number of piperidine rings is 1. The topological polar surface area (TPSA) is 71.3 Å². The lowest BCUT2D eigenvalue weighted by molar-refractivity contribution is -0.117. The number of fused-ring (bicyclic) bond motifs is 3. The van der Waals surface area contributed by atoms with Gasteiger partial charge in [-0.05, 0) is 55.9 Å². The van der Waals surface area contributed by atoms with Gasteiger partial charge in [0.2, 0.25) is 5.91 Å². The average Bonchev–Trinajstić information content (AvgIpc) is 2.86. The van der Waals surface area contributed by atoms with E-state index < -0.39 is 0 Å². The maximum absolute atomic E-state index is 12.3. The van der Waals surface area contributed by atoms with Crippen LogP contribution < -0.4 is 16.3 Å². The molecule has 23 heavy (non-hydrogen) atoms. The van der Waals surface area contributed by atoms with Crippen LogP contribution in [0.1, 0.15) is 32.1 Å². The van der Waals surface area contributed by atoms with E-state index in [0.717, 1.165) is 23.9 Å². The van der Waals surface area contributed by atoms with Gasteiger partial charge in [0.15, 0.2) is 0 Å². The lowest BCUT2D eigenvalue weighted by Crippen LogP contribution is -2.39. The number of carbonyl (C=O) groups excluding carboxylic acids is 1. The van der Waals surface area contributed by atoms with Crippen molar-refractivity contribution in [2.24, 2.45) is 5.92 Å². The van der Waals surface area contributed by atoms with Crippen LogP contribution in [-0.4, -0.2) is 18.0 Å². The maximum atomic E-state index is 12.3. The van der Waals surface area contributed by atoms with Crippen LogP contribution in [-0.2, 0) is 4.79 Å². The molecule has 2 saturated heterocycles. The molecule has 4 rings (SSSR count). The van der Waals surface area contributed by atoms with Crippen LogP contribution in [0, 0.1) is 5.92 Å². The molecule has 0 saturated carbocycles. The molecule has 5 heteroatoms. The Morgan fingerprint density at radius 3 is 2.74 bits per heavy atom. The summed E-state index contributed by atoms with van der Waals surface area (Å²) in [6, 6.07) is 9.64. The molecule has 5 nitrogen and oxygen atoms in total. The van der Waals surface area contributed by atoms with Gasteiger partial charge in [-0.3, -0.25) is 4.79 Å². The molecule has 1 amide bonds. The molecule has 2 aliphatic heterocycles. The Kier molecular flexibility index (Phi) is 3.65. The monoisotopic (exact) mass is 312 g/mol. The first-order valence-corrected chi connectivity index (χ1v) is 8.25. The standard InChI is InChI=1S/C18H20N2O3/c21-17(9-11-7-13-2-3-14(8-11)19-13)20-15-4-5-16-12(10-15)1-6-18(22)23-16/h1,4-6,10-11,13-14,19H,2-3,7-9H2,(H,20,21). The van der Waals surface area contributed by atoms with Crippen molar-refractivity contribution < 1.29 is 9.21 Å². The van der Waals surface area contributed by atoms with Crippen molar-refractivity contribution in [3.05, 3.63) is 40.8 Å². The van der Waals surface area contributed by atoms with E-state index in [-0.39, 0.29) is 11.5 Å². The number of hydrogen-bond acceptors (Lipinski definition) is 4. The Bertz CT molecular complexity index is 786. The molecular formula is C18H20N2O3. The van der Waals surface area contributed by atoms with Gasteiger partial charge in [-0.2, -0.15) is 0 Å². The normalized spacial score (nSPS) is 26.3. The van der Waals surface area contributed by atoms with Crippen molar-refractivity contribution in [3.8, 4) is 0 Å². The van der Waals surface area contributed by atoms with Crippen LogP contribution in [0.25, 0.3) is 11.0 Å². The second kappa shape index (κ2) is 5.81.